The number of allylic oxidation sites excluding steroid dienone is 3. The standard InChI is InChI=1S/C38H75N2O7P/c1-3-5-7-9-11-13-14-15-16-17-18-19-20-22-24-26-28-30-37(42)36(34-47-48(44,45)46-32-31-39)40-38(43)33-35(41)29-27-25-23-21-12-10-8-6-4-2/h20,22,28,30,35-37,41-42H,3-19,21,23-27,29,31-34,39H2,1-2H3,(H,40,43)(H,44,45)/b22-20+,30-28+. The molecule has 4 unspecified atom stereocenters. The van der Waals surface area contributed by atoms with Crippen LogP contribution >= 0.6 is 7.82 Å². The highest BCUT2D eigenvalue weighted by Gasteiger charge is 2.27. The van der Waals surface area contributed by atoms with Gasteiger partial charge in [0, 0.05) is 6.54 Å². The van der Waals surface area contributed by atoms with Gasteiger partial charge in [0.1, 0.15) is 0 Å². The van der Waals surface area contributed by atoms with Crippen LogP contribution in [0.3, 0.4) is 0 Å². The first-order chi connectivity index (χ1) is 23.3. The Labute approximate surface area is 294 Å². The number of unbranched alkanes of at least 4 members (excludes halogenated alkanes) is 20. The summed E-state index contributed by atoms with van der Waals surface area (Å²) in [5.41, 5.74) is 5.34. The maximum absolute atomic E-state index is 12.7. The minimum absolute atomic E-state index is 0.0457. The van der Waals surface area contributed by atoms with Crippen LogP contribution in [0.15, 0.2) is 24.3 Å². The van der Waals surface area contributed by atoms with Crippen LogP contribution in [0.25, 0.3) is 0 Å². The van der Waals surface area contributed by atoms with E-state index in [1.807, 2.05) is 6.08 Å². The number of amides is 1. The molecule has 48 heavy (non-hydrogen) atoms. The number of carbonyl (C=O) groups excluding carboxylic acids is 1. The van der Waals surface area contributed by atoms with Gasteiger partial charge >= 0.3 is 7.82 Å². The second-order valence-corrected chi connectivity index (χ2v) is 14.8. The van der Waals surface area contributed by atoms with Crippen LogP contribution < -0.4 is 11.1 Å². The van der Waals surface area contributed by atoms with E-state index in [9.17, 15) is 24.5 Å². The van der Waals surface area contributed by atoms with Crippen LogP contribution in [0.4, 0.5) is 0 Å². The molecule has 0 fully saturated rings. The third kappa shape index (κ3) is 32.2. The quantitative estimate of drug-likeness (QED) is 0.0246. The molecule has 0 spiro atoms. The average Bonchev–Trinajstić information content (AvgIpc) is 3.06. The number of hydrogen-bond donors (Lipinski definition) is 5. The van der Waals surface area contributed by atoms with Crippen LogP contribution in [0.2, 0.25) is 0 Å². The molecule has 6 N–H and O–H groups in total. The van der Waals surface area contributed by atoms with Crippen LogP contribution in [0.1, 0.15) is 174 Å². The predicted octanol–water partition coefficient (Wildman–Crippen LogP) is 9.19. The molecule has 9 nitrogen and oxygen atoms in total. The third-order valence-corrected chi connectivity index (χ3v) is 9.57. The molecule has 0 aliphatic rings. The molecule has 0 heterocycles. The van der Waals surface area contributed by atoms with Crippen LogP contribution in [0.5, 0.6) is 0 Å². The normalized spacial score (nSPS) is 15.2. The van der Waals surface area contributed by atoms with E-state index in [1.54, 1.807) is 6.08 Å². The Morgan fingerprint density at radius 1 is 0.708 bits per heavy atom. The lowest BCUT2D eigenvalue weighted by molar-refractivity contribution is -0.124. The fraction of sp³-hybridized carbons (Fsp3) is 0.868. The van der Waals surface area contributed by atoms with E-state index in [4.69, 9.17) is 14.8 Å². The second kappa shape index (κ2) is 34.4. The fourth-order valence-corrected chi connectivity index (χ4v) is 6.36. The highest BCUT2D eigenvalue weighted by atomic mass is 31.2. The van der Waals surface area contributed by atoms with E-state index in [-0.39, 0.29) is 19.6 Å². The fourth-order valence-electron chi connectivity index (χ4n) is 5.60. The molecular weight excluding hydrogens is 627 g/mol. The molecule has 0 bridgehead atoms. The summed E-state index contributed by atoms with van der Waals surface area (Å²) in [5.74, 6) is -0.458. The Morgan fingerprint density at radius 3 is 1.73 bits per heavy atom. The van der Waals surface area contributed by atoms with Crippen LogP contribution in [-0.2, 0) is 18.4 Å². The predicted molar refractivity (Wildman–Crippen MR) is 200 cm³/mol. The van der Waals surface area contributed by atoms with Gasteiger partial charge in [-0.3, -0.25) is 13.8 Å². The molecule has 10 heteroatoms. The molecule has 0 aromatic carbocycles. The summed E-state index contributed by atoms with van der Waals surface area (Å²) in [6.07, 6.45) is 34.1. The van der Waals surface area contributed by atoms with Crippen LogP contribution in [-0.4, -0.2) is 59.0 Å². The largest absolute Gasteiger partial charge is 0.472 e. The molecule has 0 saturated heterocycles. The van der Waals surface area contributed by atoms with Crippen molar-refractivity contribution >= 4 is 13.7 Å². The van der Waals surface area contributed by atoms with Gasteiger partial charge in [-0.25, -0.2) is 4.57 Å². The molecule has 0 radical (unpaired) electrons. The number of carbonyl (C=O) groups is 1. The summed E-state index contributed by atoms with van der Waals surface area (Å²) in [6.45, 7) is 3.92. The minimum Gasteiger partial charge on any atom is -0.393 e. The van der Waals surface area contributed by atoms with Crippen LogP contribution in [0, 0.1) is 0 Å². The molecule has 0 aromatic heterocycles. The smallest absolute Gasteiger partial charge is 0.393 e. The van der Waals surface area contributed by atoms with E-state index in [1.165, 1.54) is 109 Å². The van der Waals surface area contributed by atoms with Gasteiger partial charge in [0.05, 0.1) is 37.9 Å². The van der Waals surface area contributed by atoms with Gasteiger partial charge in [-0.05, 0) is 32.1 Å². The number of phosphoric ester groups is 1. The van der Waals surface area contributed by atoms with E-state index < -0.39 is 38.6 Å². The summed E-state index contributed by atoms with van der Waals surface area (Å²) in [5, 5.41) is 23.9. The number of nitrogens with two attached hydrogens (primary N) is 1. The minimum atomic E-state index is -4.40. The van der Waals surface area contributed by atoms with E-state index in [0.717, 1.165) is 32.1 Å². The van der Waals surface area contributed by atoms with E-state index >= 15 is 0 Å². The zero-order chi connectivity index (χ0) is 35.6. The summed E-state index contributed by atoms with van der Waals surface area (Å²) in [7, 11) is -4.40. The lowest BCUT2D eigenvalue weighted by Gasteiger charge is -2.24. The molecule has 284 valence electrons. The summed E-state index contributed by atoms with van der Waals surface area (Å²) < 4.78 is 22.0. The van der Waals surface area contributed by atoms with Gasteiger partial charge in [-0.2, -0.15) is 0 Å². The number of aliphatic hydroxyl groups is 2. The second-order valence-electron chi connectivity index (χ2n) is 13.3. The zero-order valence-electron chi connectivity index (χ0n) is 30.8. The molecule has 0 aromatic rings. The molecule has 0 saturated carbocycles. The Morgan fingerprint density at radius 2 is 1.19 bits per heavy atom. The average molecular weight is 703 g/mol. The van der Waals surface area contributed by atoms with E-state index in [0.29, 0.717) is 12.8 Å². The van der Waals surface area contributed by atoms with Crippen molar-refractivity contribution in [2.24, 2.45) is 5.73 Å². The van der Waals surface area contributed by atoms with Crippen molar-refractivity contribution in [2.75, 3.05) is 19.8 Å². The molecule has 0 aliphatic heterocycles. The highest BCUT2D eigenvalue weighted by Crippen LogP contribution is 2.43. The zero-order valence-corrected chi connectivity index (χ0v) is 31.7. The first kappa shape index (κ1) is 46.9. The lowest BCUT2D eigenvalue weighted by atomic mass is 10.0. The molecular formula is C38H75N2O7P. The molecule has 1 amide bonds. The molecule has 0 aliphatic carbocycles. The van der Waals surface area contributed by atoms with Crippen molar-refractivity contribution in [3.05, 3.63) is 24.3 Å². The highest BCUT2D eigenvalue weighted by molar-refractivity contribution is 7.47. The van der Waals surface area contributed by atoms with Crippen molar-refractivity contribution in [1.29, 1.82) is 0 Å². The number of phosphoric acid groups is 1. The maximum Gasteiger partial charge on any atom is 0.472 e. The van der Waals surface area contributed by atoms with Crippen molar-refractivity contribution in [3.8, 4) is 0 Å². The lowest BCUT2D eigenvalue weighted by Crippen LogP contribution is -2.46. The van der Waals surface area contributed by atoms with E-state index in [2.05, 4.69) is 31.3 Å². The first-order valence-corrected chi connectivity index (χ1v) is 21.0. The van der Waals surface area contributed by atoms with Crippen molar-refractivity contribution in [2.45, 2.75) is 193 Å². The SMILES string of the molecule is CCCCCCCCCCCCC/C=C/CC/C=C/C(O)C(COP(=O)(O)OCCN)NC(=O)CC(O)CCCCCCCCCCC. The molecule has 0 rings (SSSR count). The van der Waals surface area contributed by atoms with Gasteiger partial charge in [-0.1, -0.05) is 160 Å². The topological polar surface area (TPSA) is 151 Å². The van der Waals surface area contributed by atoms with Crippen molar-refractivity contribution in [1.82, 2.24) is 5.32 Å². The molecule has 4 atom stereocenters. The number of rotatable bonds is 36. The summed E-state index contributed by atoms with van der Waals surface area (Å²) >= 11 is 0. The monoisotopic (exact) mass is 703 g/mol. The van der Waals surface area contributed by atoms with Crippen molar-refractivity contribution in [3.63, 3.8) is 0 Å². The van der Waals surface area contributed by atoms with Gasteiger partial charge in [0.2, 0.25) is 5.91 Å². The first-order valence-electron chi connectivity index (χ1n) is 19.5. The number of nitrogens with one attached hydrogen (secondary N) is 1. The number of aliphatic hydroxyl groups excluding tert-OH is 2. The Hall–Kier alpha value is -1.06. The van der Waals surface area contributed by atoms with Gasteiger partial charge in [-0.15, -0.1) is 0 Å². The summed E-state index contributed by atoms with van der Waals surface area (Å²) in [4.78, 5) is 22.6. The maximum atomic E-state index is 12.7. The Bertz CT molecular complexity index is 827. The Balaban J connectivity index is 4.45. The summed E-state index contributed by atoms with van der Waals surface area (Å²) in [6, 6.07) is -0.993. The van der Waals surface area contributed by atoms with Crippen molar-refractivity contribution < 1.29 is 33.5 Å². The Kier molecular flexibility index (Phi) is 33.6. The third-order valence-electron chi connectivity index (χ3n) is 8.58. The number of hydrogen-bond acceptors (Lipinski definition) is 7. The van der Waals surface area contributed by atoms with Gasteiger partial charge < -0.3 is 26.2 Å². The van der Waals surface area contributed by atoms with Gasteiger partial charge in [0.25, 0.3) is 0 Å². The van der Waals surface area contributed by atoms with Gasteiger partial charge in [0.15, 0.2) is 0 Å².